The summed E-state index contributed by atoms with van der Waals surface area (Å²) in [4.78, 5) is 39.9. The van der Waals surface area contributed by atoms with E-state index in [1.54, 1.807) is 26.8 Å². The fraction of sp³-hybridized carbons (Fsp3) is 0.839. The molecule has 1 heterocycles. The molecule has 0 amide bonds. The Hall–Kier alpha value is -1.73. The second-order valence-electron chi connectivity index (χ2n) is 13.5. The van der Waals surface area contributed by atoms with Crippen LogP contribution >= 0.6 is 0 Å². The fourth-order valence-electron chi connectivity index (χ4n) is 9.48. The van der Waals surface area contributed by atoms with Crippen molar-refractivity contribution in [3.63, 3.8) is 0 Å². The zero-order valence-corrected chi connectivity index (χ0v) is 24.2. The van der Waals surface area contributed by atoms with Crippen LogP contribution in [-0.2, 0) is 28.6 Å². The van der Waals surface area contributed by atoms with E-state index in [1.807, 2.05) is 20.8 Å². The number of hydrogen-bond donors (Lipinski definition) is 1. The summed E-state index contributed by atoms with van der Waals surface area (Å²) in [6.45, 7) is 13.3. The Labute approximate surface area is 227 Å². The molecule has 4 aliphatic carbocycles. The lowest BCUT2D eigenvalue weighted by Gasteiger charge is -2.61. The molecule has 0 bridgehead atoms. The summed E-state index contributed by atoms with van der Waals surface area (Å²) in [5.74, 6) is -1.26. The van der Waals surface area contributed by atoms with Gasteiger partial charge in [0.15, 0.2) is 0 Å². The van der Waals surface area contributed by atoms with Crippen LogP contribution in [0.25, 0.3) is 0 Å². The number of rotatable bonds is 6. The summed E-state index contributed by atoms with van der Waals surface area (Å²) in [5, 5.41) is 10.6. The number of allylic oxidation sites excluding steroid dienone is 1. The third kappa shape index (κ3) is 3.49. The Morgan fingerprint density at radius 3 is 2.42 bits per heavy atom. The van der Waals surface area contributed by atoms with Crippen molar-refractivity contribution in [2.75, 3.05) is 0 Å². The maximum absolute atomic E-state index is 13.5. The van der Waals surface area contributed by atoms with Gasteiger partial charge in [-0.3, -0.25) is 9.59 Å². The van der Waals surface area contributed by atoms with E-state index in [1.165, 1.54) is 0 Å². The number of carbonyl (C=O) groups is 3. The molecule has 1 saturated heterocycles. The SMILES string of the molecule is C/C=C(\C)C(=O)O[C@@H]1[C@@H](OC(=O)C(C)CC)[C@@H]2[C@@]3(C)CC[C@H](O)C[C@@H]3CC[C@]23O[C@@]32CC[C@@H](C(C)=O)[C@@]12C. The van der Waals surface area contributed by atoms with Crippen LogP contribution in [0.3, 0.4) is 0 Å². The zero-order valence-electron chi connectivity index (χ0n) is 24.2. The molecule has 0 aromatic heterocycles. The highest BCUT2D eigenvalue weighted by atomic mass is 16.7. The van der Waals surface area contributed by atoms with E-state index in [0.29, 0.717) is 24.8 Å². The third-order valence-corrected chi connectivity index (χ3v) is 11.9. The van der Waals surface area contributed by atoms with E-state index in [4.69, 9.17) is 14.2 Å². The number of ketones is 1. The number of fused-ring (bicyclic) bond motifs is 2. The molecular formula is C31H46O7. The summed E-state index contributed by atoms with van der Waals surface area (Å²) >= 11 is 0. The van der Waals surface area contributed by atoms with Gasteiger partial charge in [0.2, 0.25) is 0 Å². The van der Waals surface area contributed by atoms with Crippen LogP contribution in [0.4, 0.5) is 0 Å². The molecule has 0 aromatic carbocycles. The molecular weight excluding hydrogens is 484 g/mol. The smallest absolute Gasteiger partial charge is 0.333 e. The quantitative estimate of drug-likeness (QED) is 0.295. The first kappa shape index (κ1) is 27.8. The van der Waals surface area contributed by atoms with Gasteiger partial charge in [0, 0.05) is 22.8 Å². The molecule has 5 aliphatic rings. The predicted octanol–water partition coefficient (Wildman–Crippen LogP) is 4.93. The molecule has 38 heavy (non-hydrogen) atoms. The van der Waals surface area contributed by atoms with E-state index < -0.39 is 34.8 Å². The molecule has 7 heteroatoms. The van der Waals surface area contributed by atoms with Crippen LogP contribution in [-0.4, -0.2) is 52.3 Å². The van der Waals surface area contributed by atoms with Gasteiger partial charge in [-0.15, -0.1) is 0 Å². The van der Waals surface area contributed by atoms with Gasteiger partial charge in [-0.1, -0.05) is 33.8 Å². The lowest BCUT2D eigenvalue weighted by Crippen LogP contribution is -2.70. The summed E-state index contributed by atoms with van der Waals surface area (Å²) < 4.78 is 19.9. The first-order chi connectivity index (χ1) is 17.8. The second-order valence-corrected chi connectivity index (χ2v) is 13.5. The van der Waals surface area contributed by atoms with Crippen LogP contribution in [0, 0.1) is 34.5 Å². The standard InChI is InChI=1S/C31H46O7/c1-8-17(3)26(34)36-23-24-28(6)13-11-21(33)16-20(28)10-14-30(24)31(38-30)15-12-22(19(5)32)29(31,7)25(23)37-27(35)18(4)9-2/h9,17,20-25,33H,8,10-16H2,1-7H3/b18-9+/t17?,20-,21-,22-,23-,24+,25+,28-,29-,30-,31+/m0/s1. The number of aliphatic hydroxyl groups is 1. The molecule has 4 saturated carbocycles. The van der Waals surface area contributed by atoms with E-state index in [0.717, 1.165) is 32.1 Å². The highest BCUT2D eigenvalue weighted by Crippen LogP contribution is 2.81. The van der Waals surface area contributed by atoms with E-state index >= 15 is 0 Å². The van der Waals surface area contributed by atoms with E-state index in [2.05, 4.69) is 6.92 Å². The zero-order chi connectivity index (χ0) is 27.8. The molecule has 5 rings (SSSR count). The van der Waals surface area contributed by atoms with Crippen molar-refractivity contribution in [2.24, 2.45) is 34.5 Å². The first-order valence-electron chi connectivity index (χ1n) is 14.8. The minimum absolute atomic E-state index is 0.0602. The highest BCUT2D eigenvalue weighted by Gasteiger charge is 2.91. The van der Waals surface area contributed by atoms with E-state index in [9.17, 15) is 19.5 Å². The monoisotopic (exact) mass is 530 g/mol. The topological polar surface area (TPSA) is 102 Å². The average Bonchev–Trinajstić information content (AvgIpc) is 3.43. The van der Waals surface area contributed by atoms with Gasteiger partial charge in [-0.05, 0) is 83.5 Å². The second kappa shape index (κ2) is 9.15. The summed E-state index contributed by atoms with van der Waals surface area (Å²) in [7, 11) is 0. The Balaban J connectivity index is 1.69. The maximum atomic E-state index is 13.5. The third-order valence-electron chi connectivity index (χ3n) is 11.9. The van der Waals surface area contributed by atoms with Crippen molar-refractivity contribution in [3.8, 4) is 0 Å². The van der Waals surface area contributed by atoms with E-state index in [-0.39, 0.29) is 46.9 Å². The number of carbonyl (C=O) groups excluding carboxylic acids is 3. The predicted molar refractivity (Wildman–Crippen MR) is 141 cm³/mol. The molecule has 1 unspecified atom stereocenters. The lowest BCUT2D eigenvalue weighted by atomic mass is 9.43. The highest BCUT2D eigenvalue weighted by molar-refractivity contribution is 5.88. The van der Waals surface area contributed by atoms with Gasteiger partial charge in [0.1, 0.15) is 29.2 Å². The van der Waals surface area contributed by atoms with Crippen molar-refractivity contribution >= 4 is 17.7 Å². The number of hydrogen-bond acceptors (Lipinski definition) is 7. The summed E-state index contributed by atoms with van der Waals surface area (Å²) in [5.41, 5.74) is -1.71. The van der Waals surface area contributed by atoms with Crippen LogP contribution in [0.2, 0.25) is 0 Å². The van der Waals surface area contributed by atoms with Gasteiger partial charge < -0.3 is 19.3 Å². The van der Waals surface area contributed by atoms with Gasteiger partial charge >= 0.3 is 11.9 Å². The number of aliphatic hydroxyl groups excluding tert-OH is 1. The molecule has 11 atom stereocenters. The first-order valence-corrected chi connectivity index (χ1v) is 14.8. The van der Waals surface area contributed by atoms with Gasteiger partial charge in [-0.2, -0.15) is 0 Å². The van der Waals surface area contributed by atoms with Crippen molar-refractivity contribution < 1.29 is 33.7 Å². The largest absolute Gasteiger partial charge is 0.458 e. The maximum Gasteiger partial charge on any atom is 0.333 e. The van der Waals surface area contributed by atoms with Crippen molar-refractivity contribution in [1.82, 2.24) is 0 Å². The number of esters is 2. The molecule has 1 aliphatic heterocycles. The molecule has 0 radical (unpaired) electrons. The minimum Gasteiger partial charge on any atom is -0.458 e. The van der Waals surface area contributed by atoms with Crippen LogP contribution in [0.5, 0.6) is 0 Å². The van der Waals surface area contributed by atoms with Crippen LogP contribution in [0.15, 0.2) is 11.6 Å². The molecule has 212 valence electrons. The lowest BCUT2D eigenvalue weighted by molar-refractivity contribution is -0.225. The van der Waals surface area contributed by atoms with Crippen molar-refractivity contribution in [1.29, 1.82) is 0 Å². The minimum atomic E-state index is -0.809. The molecule has 2 spiro atoms. The Morgan fingerprint density at radius 2 is 1.79 bits per heavy atom. The molecule has 5 fully saturated rings. The van der Waals surface area contributed by atoms with Crippen LogP contribution < -0.4 is 0 Å². The number of epoxide rings is 1. The van der Waals surface area contributed by atoms with Crippen LogP contribution in [0.1, 0.15) is 99.8 Å². The molecule has 0 aromatic rings. The normalized spacial score (nSPS) is 48.1. The fourth-order valence-corrected chi connectivity index (χ4v) is 9.48. The average molecular weight is 531 g/mol. The van der Waals surface area contributed by atoms with Gasteiger partial charge in [-0.25, -0.2) is 4.79 Å². The number of Topliss-reactive ketones (excluding diaryl/α,β-unsaturated/α-hetero) is 1. The van der Waals surface area contributed by atoms with Gasteiger partial charge in [0.05, 0.1) is 12.0 Å². The summed E-state index contributed by atoms with van der Waals surface area (Å²) in [6, 6.07) is 0. The number of ether oxygens (including phenoxy) is 3. The Kier molecular flexibility index (Phi) is 6.70. The van der Waals surface area contributed by atoms with Gasteiger partial charge in [0.25, 0.3) is 0 Å². The Morgan fingerprint density at radius 1 is 1.08 bits per heavy atom. The molecule has 7 nitrogen and oxygen atoms in total. The molecule has 1 N–H and O–H groups in total. The van der Waals surface area contributed by atoms with Crippen molar-refractivity contribution in [2.45, 2.75) is 129 Å². The summed E-state index contributed by atoms with van der Waals surface area (Å²) in [6.07, 6.45) is 5.84. The van der Waals surface area contributed by atoms with Crippen molar-refractivity contribution in [3.05, 3.63) is 11.6 Å². The Bertz CT molecular complexity index is 1050.